The van der Waals surface area contributed by atoms with E-state index in [9.17, 15) is 4.79 Å². The van der Waals surface area contributed by atoms with Gasteiger partial charge in [0.2, 0.25) is 5.91 Å². The van der Waals surface area contributed by atoms with Crippen LogP contribution in [0, 0.1) is 12.8 Å². The van der Waals surface area contributed by atoms with Crippen LogP contribution in [0.15, 0.2) is 60.9 Å². The van der Waals surface area contributed by atoms with Crippen LogP contribution in [-0.4, -0.2) is 15.5 Å². The minimum atomic E-state index is -0.0719. The number of nitrogens with zero attached hydrogens (tertiary/aromatic N) is 2. The van der Waals surface area contributed by atoms with Crippen molar-refractivity contribution in [1.29, 1.82) is 0 Å². The predicted octanol–water partition coefficient (Wildman–Crippen LogP) is 4.18. The number of hydrogen-bond acceptors (Lipinski definition) is 3. The average Bonchev–Trinajstić information content (AvgIpc) is 3.13. The molecular weight excluding hydrogens is 326 g/mol. The summed E-state index contributed by atoms with van der Waals surface area (Å²) in [7, 11) is 0. The largest absolute Gasteiger partial charge is 0.455 e. The second-order valence-corrected chi connectivity index (χ2v) is 6.63. The van der Waals surface area contributed by atoms with E-state index in [4.69, 9.17) is 4.74 Å². The van der Waals surface area contributed by atoms with Gasteiger partial charge in [-0.1, -0.05) is 29.8 Å². The number of rotatable bonds is 4. The van der Waals surface area contributed by atoms with Gasteiger partial charge >= 0.3 is 0 Å². The maximum Gasteiger partial charge on any atom is 0.228 e. The Morgan fingerprint density at radius 3 is 2.85 bits per heavy atom. The summed E-state index contributed by atoms with van der Waals surface area (Å²) in [5.74, 6) is 2.30. The molecule has 2 heterocycles. The molecule has 1 N–H and O–H groups in total. The molecule has 1 aromatic heterocycles. The van der Waals surface area contributed by atoms with Crippen LogP contribution in [0.2, 0.25) is 0 Å². The first-order valence-electron chi connectivity index (χ1n) is 8.83. The standard InChI is InChI=1S/C21H21N3O2/c1-15-6-8-17(9-7-15)26-19-5-3-2-4-18(19)23-21(25)16-10-12-24-13-11-22-20(24)14-16/h2-9,11,13,16H,10,12,14H2,1H3,(H,23,25). The normalized spacial score (nSPS) is 16.0. The van der Waals surface area contributed by atoms with Gasteiger partial charge in [0.15, 0.2) is 5.75 Å². The van der Waals surface area contributed by atoms with E-state index < -0.39 is 0 Å². The molecule has 5 heteroatoms. The van der Waals surface area contributed by atoms with E-state index in [1.807, 2.05) is 61.7 Å². The molecule has 1 amide bonds. The van der Waals surface area contributed by atoms with Gasteiger partial charge in [0.05, 0.1) is 5.69 Å². The van der Waals surface area contributed by atoms with Crippen LogP contribution >= 0.6 is 0 Å². The molecule has 4 rings (SSSR count). The maximum atomic E-state index is 12.7. The van der Waals surface area contributed by atoms with E-state index in [-0.39, 0.29) is 11.8 Å². The summed E-state index contributed by atoms with van der Waals surface area (Å²) in [4.78, 5) is 17.1. The first-order valence-corrected chi connectivity index (χ1v) is 8.83. The lowest BCUT2D eigenvalue weighted by atomic mass is 9.97. The van der Waals surface area contributed by atoms with E-state index in [1.54, 1.807) is 6.20 Å². The van der Waals surface area contributed by atoms with E-state index in [2.05, 4.69) is 14.9 Å². The Morgan fingerprint density at radius 2 is 2.00 bits per heavy atom. The van der Waals surface area contributed by atoms with Crippen LogP contribution in [0.25, 0.3) is 0 Å². The number of aromatic nitrogens is 2. The number of para-hydroxylation sites is 2. The number of amides is 1. The van der Waals surface area contributed by atoms with E-state index in [0.29, 0.717) is 17.9 Å². The van der Waals surface area contributed by atoms with Crippen molar-refractivity contribution in [3.05, 3.63) is 72.3 Å². The van der Waals surface area contributed by atoms with Crippen LogP contribution in [0.5, 0.6) is 11.5 Å². The van der Waals surface area contributed by atoms with Gasteiger partial charge in [-0.05, 0) is 37.6 Å². The van der Waals surface area contributed by atoms with Crippen molar-refractivity contribution >= 4 is 11.6 Å². The van der Waals surface area contributed by atoms with E-state index in [1.165, 1.54) is 5.56 Å². The van der Waals surface area contributed by atoms with Crippen LogP contribution in [-0.2, 0) is 17.8 Å². The molecule has 5 nitrogen and oxygen atoms in total. The summed E-state index contributed by atoms with van der Waals surface area (Å²) >= 11 is 0. The van der Waals surface area contributed by atoms with Crippen LogP contribution in [0.4, 0.5) is 5.69 Å². The minimum absolute atomic E-state index is 0.0132. The third kappa shape index (κ3) is 3.47. The molecule has 1 aliphatic rings. The van der Waals surface area contributed by atoms with Crippen LogP contribution in [0.3, 0.4) is 0 Å². The summed E-state index contributed by atoms with van der Waals surface area (Å²) < 4.78 is 8.07. The number of carbonyl (C=O) groups is 1. The maximum absolute atomic E-state index is 12.7. The van der Waals surface area contributed by atoms with Gasteiger partial charge in [0, 0.05) is 31.3 Å². The summed E-state index contributed by atoms with van der Waals surface area (Å²) in [6.45, 7) is 2.86. The zero-order valence-corrected chi connectivity index (χ0v) is 14.7. The number of fused-ring (bicyclic) bond motifs is 1. The van der Waals surface area contributed by atoms with Gasteiger partial charge < -0.3 is 14.6 Å². The number of hydrogen-bond donors (Lipinski definition) is 1. The van der Waals surface area contributed by atoms with Crippen molar-refractivity contribution in [2.24, 2.45) is 5.92 Å². The smallest absolute Gasteiger partial charge is 0.228 e. The third-order valence-electron chi connectivity index (χ3n) is 4.71. The number of aryl methyl sites for hydroxylation is 2. The Balaban J connectivity index is 1.48. The number of imidazole rings is 1. The molecule has 132 valence electrons. The van der Waals surface area contributed by atoms with Gasteiger partial charge in [0.1, 0.15) is 11.6 Å². The Morgan fingerprint density at radius 1 is 1.19 bits per heavy atom. The Bertz CT molecular complexity index is 915. The molecular formula is C21H21N3O2. The molecule has 0 bridgehead atoms. The Labute approximate surface area is 152 Å². The highest BCUT2D eigenvalue weighted by atomic mass is 16.5. The van der Waals surface area contributed by atoms with Gasteiger partial charge in [-0.3, -0.25) is 4.79 Å². The number of carbonyl (C=O) groups excluding carboxylic acids is 1. The molecule has 0 radical (unpaired) electrons. The number of nitrogens with one attached hydrogen (secondary N) is 1. The van der Waals surface area contributed by atoms with Crippen molar-refractivity contribution in [3.63, 3.8) is 0 Å². The zero-order valence-electron chi connectivity index (χ0n) is 14.7. The molecule has 26 heavy (non-hydrogen) atoms. The summed E-state index contributed by atoms with van der Waals surface area (Å²) in [5, 5.41) is 3.03. The van der Waals surface area contributed by atoms with Crippen LogP contribution in [0.1, 0.15) is 17.8 Å². The van der Waals surface area contributed by atoms with Gasteiger partial charge in [-0.15, -0.1) is 0 Å². The Hall–Kier alpha value is -3.08. The second-order valence-electron chi connectivity index (χ2n) is 6.63. The first-order chi connectivity index (χ1) is 12.7. The van der Waals surface area contributed by atoms with Crippen molar-refractivity contribution < 1.29 is 9.53 Å². The highest BCUT2D eigenvalue weighted by Crippen LogP contribution is 2.30. The summed E-state index contributed by atoms with van der Waals surface area (Å²) in [6, 6.07) is 15.4. The van der Waals surface area contributed by atoms with E-state index in [0.717, 1.165) is 24.5 Å². The molecule has 1 unspecified atom stereocenters. The van der Waals surface area contributed by atoms with Crippen molar-refractivity contribution in [1.82, 2.24) is 9.55 Å². The van der Waals surface area contributed by atoms with Gasteiger partial charge in [0.25, 0.3) is 0 Å². The van der Waals surface area contributed by atoms with Gasteiger partial charge in [-0.2, -0.15) is 0 Å². The van der Waals surface area contributed by atoms with Crippen LogP contribution < -0.4 is 10.1 Å². The molecule has 0 aliphatic carbocycles. The zero-order chi connectivity index (χ0) is 17.9. The highest BCUT2D eigenvalue weighted by molar-refractivity contribution is 5.94. The lowest BCUT2D eigenvalue weighted by Crippen LogP contribution is -2.30. The minimum Gasteiger partial charge on any atom is -0.455 e. The molecule has 0 spiro atoms. The molecule has 0 saturated heterocycles. The fraction of sp³-hybridized carbons (Fsp3) is 0.238. The fourth-order valence-corrected chi connectivity index (χ4v) is 3.20. The van der Waals surface area contributed by atoms with Crippen molar-refractivity contribution in [3.8, 4) is 11.5 Å². The Kier molecular flexibility index (Phi) is 4.44. The molecule has 3 aromatic rings. The summed E-state index contributed by atoms with van der Waals surface area (Å²) in [5.41, 5.74) is 1.86. The topological polar surface area (TPSA) is 56.1 Å². The molecule has 0 saturated carbocycles. The predicted molar refractivity (Wildman–Crippen MR) is 100 cm³/mol. The summed E-state index contributed by atoms with van der Waals surface area (Å²) in [6.07, 6.45) is 5.24. The lowest BCUT2D eigenvalue weighted by Gasteiger charge is -2.23. The molecule has 2 aromatic carbocycles. The van der Waals surface area contributed by atoms with Gasteiger partial charge in [-0.25, -0.2) is 4.98 Å². The number of ether oxygens (including phenoxy) is 1. The number of anilines is 1. The SMILES string of the molecule is Cc1ccc(Oc2ccccc2NC(=O)C2CCn3ccnc3C2)cc1. The molecule has 1 atom stereocenters. The quantitative estimate of drug-likeness (QED) is 0.770. The first kappa shape index (κ1) is 16.4. The second kappa shape index (κ2) is 7.04. The molecule has 1 aliphatic heterocycles. The fourth-order valence-electron chi connectivity index (χ4n) is 3.20. The monoisotopic (exact) mass is 347 g/mol. The molecule has 0 fully saturated rings. The number of benzene rings is 2. The average molecular weight is 347 g/mol. The highest BCUT2D eigenvalue weighted by Gasteiger charge is 2.26. The lowest BCUT2D eigenvalue weighted by molar-refractivity contribution is -0.120. The van der Waals surface area contributed by atoms with Crippen molar-refractivity contribution in [2.45, 2.75) is 26.3 Å². The van der Waals surface area contributed by atoms with Crippen molar-refractivity contribution in [2.75, 3.05) is 5.32 Å². The van der Waals surface area contributed by atoms with E-state index >= 15 is 0 Å². The third-order valence-corrected chi connectivity index (χ3v) is 4.71.